The highest BCUT2D eigenvalue weighted by Crippen LogP contribution is 2.23. The van der Waals surface area contributed by atoms with E-state index in [1.165, 1.54) is 23.8 Å². The van der Waals surface area contributed by atoms with E-state index in [-0.39, 0.29) is 10.9 Å². The van der Waals surface area contributed by atoms with E-state index >= 15 is 0 Å². The summed E-state index contributed by atoms with van der Waals surface area (Å²) in [4.78, 5) is 2.34. The predicted octanol–water partition coefficient (Wildman–Crippen LogP) is 3.55. The molecule has 24 heavy (non-hydrogen) atoms. The van der Waals surface area contributed by atoms with Gasteiger partial charge in [-0.15, -0.1) is 0 Å². The molecule has 0 bridgehead atoms. The van der Waals surface area contributed by atoms with Crippen molar-refractivity contribution in [2.24, 2.45) is 0 Å². The molecule has 1 atom stereocenters. The third-order valence-corrected chi connectivity index (χ3v) is 5.93. The lowest BCUT2D eigenvalue weighted by molar-refractivity contribution is 0.324. The Balaban J connectivity index is 1.64. The number of sulfonamides is 1. The summed E-state index contributed by atoms with van der Waals surface area (Å²) >= 11 is 11.8. The second kappa shape index (κ2) is 7.42. The van der Waals surface area contributed by atoms with Crippen molar-refractivity contribution >= 4 is 33.2 Å². The van der Waals surface area contributed by atoms with Crippen LogP contribution in [0.25, 0.3) is 0 Å². The maximum Gasteiger partial charge on any atom is 0.240 e. The molecule has 1 heterocycles. The molecule has 0 radical (unpaired) electrons. The average Bonchev–Trinajstić information content (AvgIpc) is 2.93. The Bertz CT molecular complexity index is 792. The Morgan fingerprint density at radius 2 is 1.75 bits per heavy atom. The molecular weight excluding hydrogens is 367 g/mol. The summed E-state index contributed by atoms with van der Waals surface area (Å²) in [5.41, 5.74) is 1.22. The molecule has 1 aliphatic rings. The number of nitrogens with one attached hydrogen (secondary N) is 1. The van der Waals surface area contributed by atoms with Crippen molar-refractivity contribution in [3.8, 4) is 0 Å². The fraction of sp³-hybridized carbons (Fsp3) is 0.294. The van der Waals surface area contributed by atoms with Crippen LogP contribution in [0.1, 0.15) is 12.0 Å². The SMILES string of the molecule is O=S(=O)(NC1CCN(Cc2ccccc2)C1)c1cc(Cl)cc(Cl)c1. The first-order valence-corrected chi connectivity index (χ1v) is 9.91. The summed E-state index contributed by atoms with van der Waals surface area (Å²) < 4.78 is 27.8. The minimum Gasteiger partial charge on any atom is -0.297 e. The summed E-state index contributed by atoms with van der Waals surface area (Å²) in [7, 11) is -3.63. The van der Waals surface area contributed by atoms with Gasteiger partial charge in [0.1, 0.15) is 0 Å². The normalized spacial score (nSPS) is 18.8. The minimum atomic E-state index is -3.63. The molecule has 128 valence electrons. The fourth-order valence-corrected chi connectivity index (χ4v) is 4.87. The molecule has 1 aliphatic heterocycles. The lowest BCUT2D eigenvalue weighted by Gasteiger charge is -2.17. The molecule has 1 N–H and O–H groups in total. The Morgan fingerprint density at radius 3 is 2.42 bits per heavy atom. The predicted molar refractivity (Wildman–Crippen MR) is 96.9 cm³/mol. The van der Waals surface area contributed by atoms with Crippen LogP contribution < -0.4 is 4.72 Å². The Hall–Kier alpha value is -1.11. The molecular formula is C17H18Cl2N2O2S. The number of hydrogen-bond donors (Lipinski definition) is 1. The lowest BCUT2D eigenvalue weighted by atomic mass is 10.2. The highest BCUT2D eigenvalue weighted by molar-refractivity contribution is 7.89. The molecule has 0 saturated carbocycles. The first-order valence-electron chi connectivity index (χ1n) is 7.67. The first kappa shape index (κ1) is 17.7. The molecule has 0 aliphatic carbocycles. The van der Waals surface area contributed by atoms with E-state index in [1.54, 1.807) is 0 Å². The second-order valence-corrected chi connectivity index (χ2v) is 8.52. The zero-order chi connectivity index (χ0) is 17.2. The molecule has 0 aromatic heterocycles. The third kappa shape index (κ3) is 4.49. The topological polar surface area (TPSA) is 49.4 Å². The van der Waals surface area contributed by atoms with Gasteiger partial charge in [-0.25, -0.2) is 13.1 Å². The number of hydrogen-bond acceptors (Lipinski definition) is 3. The van der Waals surface area contributed by atoms with Crippen molar-refractivity contribution < 1.29 is 8.42 Å². The maximum atomic E-state index is 12.5. The molecule has 2 aromatic rings. The van der Waals surface area contributed by atoms with Gasteiger partial charge in [-0.3, -0.25) is 4.90 Å². The molecule has 4 nitrogen and oxygen atoms in total. The van der Waals surface area contributed by atoms with Crippen LogP contribution >= 0.6 is 23.2 Å². The van der Waals surface area contributed by atoms with E-state index in [0.717, 1.165) is 19.5 Å². The van der Waals surface area contributed by atoms with Gasteiger partial charge in [-0.2, -0.15) is 0 Å². The van der Waals surface area contributed by atoms with Crippen LogP contribution in [0.2, 0.25) is 10.0 Å². The van der Waals surface area contributed by atoms with Crippen molar-refractivity contribution in [3.05, 3.63) is 64.1 Å². The largest absolute Gasteiger partial charge is 0.297 e. The molecule has 0 spiro atoms. The number of rotatable bonds is 5. The molecule has 1 fully saturated rings. The molecule has 3 rings (SSSR count). The van der Waals surface area contributed by atoms with Gasteiger partial charge in [0, 0.05) is 35.7 Å². The number of likely N-dealkylation sites (tertiary alicyclic amines) is 1. The average molecular weight is 385 g/mol. The number of halogens is 2. The number of nitrogens with zero attached hydrogens (tertiary/aromatic N) is 1. The zero-order valence-electron chi connectivity index (χ0n) is 13.0. The monoisotopic (exact) mass is 384 g/mol. The molecule has 1 unspecified atom stereocenters. The van der Waals surface area contributed by atoms with Gasteiger partial charge in [0.25, 0.3) is 0 Å². The van der Waals surface area contributed by atoms with Crippen molar-refractivity contribution in [2.75, 3.05) is 13.1 Å². The second-order valence-electron chi connectivity index (χ2n) is 5.93. The van der Waals surface area contributed by atoms with Gasteiger partial charge >= 0.3 is 0 Å². The van der Waals surface area contributed by atoms with Crippen LogP contribution in [0, 0.1) is 0 Å². The van der Waals surface area contributed by atoms with Crippen molar-refractivity contribution in [1.29, 1.82) is 0 Å². The van der Waals surface area contributed by atoms with E-state index in [9.17, 15) is 8.42 Å². The van der Waals surface area contributed by atoms with Crippen LogP contribution in [-0.4, -0.2) is 32.4 Å². The first-order chi connectivity index (χ1) is 11.4. The van der Waals surface area contributed by atoms with Crippen LogP contribution in [0.4, 0.5) is 0 Å². The quantitative estimate of drug-likeness (QED) is 0.857. The summed E-state index contributed by atoms with van der Waals surface area (Å²) in [6, 6.07) is 14.4. The zero-order valence-corrected chi connectivity index (χ0v) is 15.3. The lowest BCUT2D eigenvalue weighted by Crippen LogP contribution is -2.37. The van der Waals surface area contributed by atoms with E-state index in [2.05, 4.69) is 21.8 Å². The van der Waals surface area contributed by atoms with Gasteiger partial charge in [0.05, 0.1) is 4.90 Å². The highest BCUT2D eigenvalue weighted by atomic mass is 35.5. The third-order valence-electron chi connectivity index (χ3n) is 3.99. The van der Waals surface area contributed by atoms with Crippen molar-refractivity contribution in [2.45, 2.75) is 23.9 Å². The summed E-state index contributed by atoms with van der Waals surface area (Å²) in [6.45, 7) is 2.36. The van der Waals surface area contributed by atoms with Crippen molar-refractivity contribution in [3.63, 3.8) is 0 Å². The Labute approximate surface area is 152 Å². The Kier molecular flexibility index (Phi) is 5.47. The molecule has 2 aromatic carbocycles. The van der Waals surface area contributed by atoms with E-state index in [1.807, 2.05) is 18.2 Å². The smallest absolute Gasteiger partial charge is 0.240 e. The molecule has 1 saturated heterocycles. The molecule has 0 amide bonds. The van der Waals surface area contributed by atoms with E-state index in [4.69, 9.17) is 23.2 Å². The van der Waals surface area contributed by atoms with Crippen molar-refractivity contribution in [1.82, 2.24) is 9.62 Å². The van der Waals surface area contributed by atoms with E-state index in [0.29, 0.717) is 16.6 Å². The van der Waals surface area contributed by atoms with Gasteiger partial charge in [-0.1, -0.05) is 53.5 Å². The minimum absolute atomic E-state index is 0.0986. The van der Waals surface area contributed by atoms with E-state index < -0.39 is 10.0 Å². The highest BCUT2D eigenvalue weighted by Gasteiger charge is 2.27. The fourth-order valence-electron chi connectivity index (χ4n) is 2.89. The van der Waals surface area contributed by atoms with Crippen LogP contribution in [-0.2, 0) is 16.6 Å². The van der Waals surface area contributed by atoms with Gasteiger partial charge in [0.15, 0.2) is 0 Å². The van der Waals surface area contributed by atoms with Crippen LogP contribution in [0.15, 0.2) is 53.4 Å². The number of benzene rings is 2. The molecule has 7 heteroatoms. The van der Waals surface area contributed by atoms with Gasteiger partial charge in [-0.05, 0) is 30.2 Å². The van der Waals surface area contributed by atoms with Gasteiger partial charge in [0.2, 0.25) is 10.0 Å². The van der Waals surface area contributed by atoms with Gasteiger partial charge < -0.3 is 0 Å². The van der Waals surface area contributed by atoms with Crippen LogP contribution in [0.3, 0.4) is 0 Å². The Morgan fingerprint density at radius 1 is 1.08 bits per heavy atom. The maximum absolute atomic E-state index is 12.5. The van der Waals surface area contributed by atoms with Crippen LogP contribution in [0.5, 0.6) is 0 Å². The standard InChI is InChI=1S/C17H18Cl2N2O2S/c18-14-8-15(19)10-17(9-14)24(22,23)20-16-6-7-21(12-16)11-13-4-2-1-3-5-13/h1-5,8-10,16,20H,6-7,11-12H2. The summed E-state index contributed by atoms with van der Waals surface area (Å²) in [5, 5.41) is 0.611. The summed E-state index contributed by atoms with van der Waals surface area (Å²) in [6.07, 6.45) is 0.778. The summed E-state index contributed by atoms with van der Waals surface area (Å²) in [5.74, 6) is 0.